The van der Waals surface area contributed by atoms with Crippen LogP contribution in [-0.4, -0.2) is 29.6 Å². The van der Waals surface area contributed by atoms with Gasteiger partial charge in [0.15, 0.2) is 0 Å². The van der Waals surface area contributed by atoms with E-state index in [1.54, 1.807) is 0 Å². The van der Waals surface area contributed by atoms with E-state index in [1.165, 1.54) is 31.5 Å². The third-order valence-corrected chi connectivity index (χ3v) is 6.55. The number of aliphatic hydroxyl groups excluding tert-OH is 1. The fraction of sp³-hybridized carbons (Fsp3) is 0.250. The van der Waals surface area contributed by atoms with Crippen LogP contribution in [0.3, 0.4) is 0 Å². The number of halogens is 2. The Kier molecular flexibility index (Phi) is 4.87. The van der Waals surface area contributed by atoms with E-state index in [4.69, 9.17) is 4.74 Å². The van der Waals surface area contributed by atoms with Gasteiger partial charge in [0.05, 0.1) is 25.6 Å². The van der Waals surface area contributed by atoms with Gasteiger partial charge in [-0.3, -0.25) is 0 Å². The van der Waals surface area contributed by atoms with Gasteiger partial charge in [-0.1, -0.05) is 0 Å². The average Bonchev–Trinajstić information content (AvgIpc) is 3.47. The highest BCUT2D eigenvalue weighted by Crippen LogP contribution is 2.48. The summed E-state index contributed by atoms with van der Waals surface area (Å²) < 4.78 is 60.7. The summed E-state index contributed by atoms with van der Waals surface area (Å²) in [6.07, 6.45) is 4.05. The van der Waals surface area contributed by atoms with Gasteiger partial charge in [-0.15, -0.1) is 0 Å². The second kappa shape index (κ2) is 7.23. The number of benzene rings is 1. The van der Waals surface area contributed by atoms with Crippen molar-refractivity contribution in [1.82, 2.24) is 8.96 Å². The number of hydrogen-bond acceptors (Lipinski definition) is 5. The third kappa shape index (κ3) is 3.40. The summed E-state index contributed by atoms with van der Waals surface area (Å²) in [5.74, 6) is -1.38. The van der Waals surface area contributed by atoms with Crippen LogP contribution < -0.4 is 4.74 Å². The molecule has 152 valence electrons. The van der Waals surface area contributed by atoms with Crippen molar-refractivity contribution in [1.29, 1.82) is 0 Å². The maximum Gasteiger partial charge on any atom is 0.269 e. The molecule has 1 aliphatic carbocycles. The van der Waals surface area contributed by atoms with Gasteiger partial charge in [0.2, 0.25) is 5.88 Å². The topological polar surface area (TPSA) is 81.4 Å². The minimum atomic E-state index is -4.16. The minimum absolute atomic E-state index is 0.0158. The molecule has 0 unspecified atom stereocenters. The zero-order valence-electron chi connectivity index (χ0n) is 15.5. The smallest absolute Gasteiger partial charge is 0.269 e. The lowest BCUT2D eigenvalue weighted by molar-refractivity contribution is 0.281. The van der Waals surface area contributed by atoms with E-state index < -0.39 is 28.3 Å². The van der Waals surface area contributed by atoms with E-state index in [9.17, 15) is 22.3 Å². The van der Waals surface area contributed by atoms with E-state index in [0.717, 1.165) is 29.1 Å². The molecule has 0 spiro atoms. The molecule has 0 aliphatic heterocycles. The first-order valence-corrected chi connectivity index (χ1v) is 10.4. The van der Waals surface area contributed by atoms with Gasteiger partial charge in [0, 0.05) is 29.5 Å². The predicted molar refractivity (Wildman–Crippen MR) is 101 cm³/mol. The lowest BCUT2D eigenvalue weighted by Crippen LogP contribution is -2.14. The summed E-state index contributed by atoms with van der Waals surface area (Å²) >= 11 is 0. The van der Waals surface area contributed by atoms with Crippen LogP contribution in [0, 0.1) is 11.6 Å². The highest BCUT2D eigenvalue weighted by molar-refractivity contribution is 7.90. The van der Waals surface area contributed by atoms with Crippen LogP contribution in [0.15, 0.2) is 47.6 Å². The Bertz CT molecular complexity index is 1170. The molecule has 0 radical (unpaired) electrons. The molecule has 2 heterocycles. The Labute approximate surface area is 166 Å². The maximum atomic E-state index is 14.6. The Morgan fingerprint density at radius 2 is 2.00 bits per heavy atom. The Hall–Kier alpha value is -2.78. The van der Waals surface area contributed by atoms with E-state index in [0.29, 0.717) is 17.2 Å². The minimum Gasteiger partial charge on any atom is -0.481 e. The summed E-state index contributed by atoms with van der Waals surface area (Å²) in [5, 5.41) is 9.81. The number of methoxy groups -OCH3 is 1. The summed E-state index contributed by atoms with van der Waals surface area (Å²) in [7, 11) is -2.75. The summed E-state index contributed by atoms with van der Waals surface area (Å²) in [6.45, 7) is -0.398. The van der Waals surface area contributed by atoms with Crippen LogP contribution in [0.5, 0.6) is 5.88 Å². The molecule has 1 aromatic carbocycles. The van der Waals surface area contributed by atoms with Crippen molar-refractivity contribution in [3.05, 3.63) is 65.5 Å². The van der Waals surface area contributed by atoms with E-state index >= 15 is 0 Å². The lowest BCUT2D eigenvalue weighted by atomic mass is 10.0. The molecular weight excluding hydrogens is 402 g/mol. The third-order valence-electron chi connectivity index (χ3n) is 4.91. The Morgan fingerprint density at radius 1 is 1.24 bits per heavy atom. The zero-order chi connectivity index (χ0) is 20.8. The molecule has 0 amide bonds. The van der Waals surface area contributed by atoms with E-state index in [-0.39, 0.29) is 28.0 Å². The monoisotopic (exact) mass is 420 g/mol. The fourth-order valence-electron chi connectivity index (χ4n) is 3.39. The molecule has 1 N–H and O–H groups in total. The number of hydrogen-bond donors (Lipinski definition) is 1. The van der Waals surface area contributed by atoms with Crippen LogP contribution in [0.25, 0.3) is 11.3 Å². The summed E-state index contributed by atoms with van der Waals surface area (Å²) in [5.41, 5.74) is 1.03. The Balaban J connectivity index is 1.97. The molecule has 1 fully saturated rings. The normalized spacial score (nSPS) is 14.2. The van der Waals surface area contributed by atoms with E-state index in [2.05, 4.69) is 4.98 Å². The standard InChI is InChI=1S/C20H18F2N2O4S/c1-28-18-7-5-15(9-23-18)29(26,27)24-10-13(11-25)19(12-2-3-12)20(24)16-6-4-14(21)8-17(16)22/h4-10,12,25H,2-3,11H2,1H3. The summed E-state index contributed by atoms with van der Waals surface area (Å²) in [6, 6.07) is 5.74. The number of pyridine rings is 1. The highest BCUT2D eigenvalue weighted by Gasteiger charge is 2.35. The van der Waals surface area contributed by atoms with Crippen molar-refractivity contribution in [2.45, 2.75) is 30.3 Å². The van der Waals surface area contributed by atoms with Crippen molar-refractivity contribution in [3.8, 4) is 17.1 Å². The number of aliphatic hydroxyl groups is 1. The molecule has 0 saturated heterocycles. The van der Waals surface area contributed by atoms with Crippen LogP contribution >= 0.6 is 0 Å². The molecule has 6 nitrogen and oxygen atoms in total. The molecule has 29 heavy (non-hydrogen) atoms. The lowest BCUT2D eigenvalue weighted by Gasteiger charge is -2.13. The molecule has 2 aromatic heterocycles. The van der Waals surface area contributed by atoms with Gasteiger partial charge in [-0.2, -0.15) is 0 Å². The molecule has 1 aliphatic rings. The van der Waals surface area contributed by atoms with Crippen LogP contribution in [0.4, 0.5) is 8.78 Å². The fourth-order valence-corrected chi connectivity index (χ4v) is 4.74. The second-order valence-electron chi connectivity index (χ2n) is 6.81. The predicted octanol–water partition coefficient (Wildman–Crippen LogP) is 3.44. The van der Waals surface area contributed by atoms with Gasteiger partial charge in [0.1, 0.15) is 16.5 Å². The largest absolute Gasteiger partial charge is 0.481 e. The molecule has 3 aromatic rings. The van der Waals surface area contributed by atoms with Crippen LogP contribution in [0.2, 0.25) is 0 Å². The van der Waals surface area contributed by atoms with Crippen LogP contribution in [0.1, 0.15) is 29.9 Å². The highest BCUT2D eigenvalue weighted by atomic mass is 32.2. The second-order valence-corrected chi connectivity index (χ2v) is 8.63. The molecule has 0 bridgehead atoms. The van der Waals surface area contributed by atoms with Gasteiger partial charge in [-0.25, -0.2) is 26.2 Å². The molecular formula is C20H18F2N2O4S. The summed E-state index contributed by atoms with van der Waals surface area (Å²) in [4.78, 5) is 3.81. The number of rotatable bonds is 6. The number of nitrogens with zero attached hydrogens (tertiary/aromatic N) is 2. The number of ether oxygens (including phenoxy) is 1. The Morgan fingerprint density at radius 3 is 2.55 bits per heavy atom. The van der Waals surface area contributed by atoms with Crippen LogP contribution in [-0.2, 0) is 16.6 Å². The van der Waals surface area contributed by atoms with Gasteiger partial charge < -0.3 is 9.84 Å². The van der Waals surface area contributed by atoms with Gasteiger partial charge in [-0.05, 0) is 42.5 Å². The average molecular weight is 420 g/mol. The molecule has 9 heteroatoms. The molecule has 1 saturated carbocycles. The van der Waals surface area contributed by atoms with Crippen molar-refractivity contribution in [3.63, 3.8) is 0 Å². The first-order chi connectivity index (χ1) is 13.9. The van der Waals surface area contributed by atoms with E-state index in [1.807, 2.05) is 0 Å². The maximum absolute atomic E-state index is 14.6. The molecule has 0 atom stereocenters. The first kappa shape index (κ1) is 19.5. The van der Waals surface area contributed by atoms with Crippen molar-refractivity contribution in [2.24, 2.45) is 0 Å². The number of aromatic nitrogens is 2. The quantitative estimate of drug-likeness (QED) is 0.661. The van der Waals surface area contributed by atoms with Crippen molar-refractivity contribution >= 4 is 10.0 Å². The van der Waals surface area contributed by atoms with Gasteiger partial charge >= 0.3 is 0 Å². The van der Waals surface area contributed by atoms with Gasteiger partial charge in [0.25, 0.3) is 10.0 Å². The first-order valence-electron chi connectivity index (χ1n) is 8.93. The van der Waals surface area contributed by atoms with Crippen molar-refractivity contribution in [2.75, 3.05) is 7.11 Å². The SMILES string of the molecule is COc1ccc(S(=O)(=O)n2cc(CO)c(C3CC3)c2-c2ccc(F)cc2F)cn1. The zero-order valence-corrected chi connectivity index (χ0v) is 16.3. The van der Waals surface area contributed by atoms with Crippen molar-refractivity contribution < 1.29 is 27.0 Å². The molecule has 4 rings (SSSR count).